The number of carbonyl (C=O) groups excluding carboxylic acids is 2. The van der Waals surface area contributed by atoms with E-state index in [1.165, 1.54) is 12.1 Å². The summed E-state index contributed by atoms with van der Waals surface area (Å²) < 4.78 is 4.83. The Kier molecular flexibility index (Phi) is 6.97. The number of halogens is 1. The van der Waals surface area contributed by atoms with Gasteiger partial charge in [0, 0.05) is 28.3 Å². The van der Waals surface area contributed by atoms with Crippen molar-refractivity contribution in [3.63, 3.8) is 0 Å². The van der Waals surface area contributed by atoms with Crippen molar-refractivity contribution in [3.8, 4) is 11.5 Å². The maximum atomic E-state index is 11.8. The second-order valence-electron chi connectivity index (χ2n) is 4.93. The number of nitrogens with one attached hydrogen (secondary N) is 1. The molecule has 6 nitrogen and oxygen atoms in total. The van der Waals surface area contributed by atoms with Gasteiger partial charge in [-0.25, -0.2) is 4.79 Å². The smallest absolute Gasteiger partial charge is 0.342 e. The van der Waals surface area contributed by atoms with Gasteiger partial charge in [0.15, 0.2) is 6.61 Å². The van der Waals surface area contributed by atoms with Gasteiger partial charge in [-0.1, -0.05) is 11.6 Å². The summed E-state index contributed by atoms with van der Waals surface area (Å²) in [6.07, 6.45) is 0. The number of esters is 1. The molecular weight excluding hydrogens is 366 g/mol. The molecule has 0 aliphatic carbocycles. The Hall–Kier alpha value is -2.38. The first kappa shape index (κ1) is 19.0. The zero-order valence-corrected chi connectivity index (χ0v) is 14.6. The Bertz CT molecular complexity index is 751. The van der Waals surface area contributed by atoms with Gasteiger partial charge in [0.2, 0.25) is 0 Å². The summed E-state index contributed by atoms with van der Waals surface area (Å²) in [5.74, 6) is -1.22. The third kappa shape index (κ3) is 6.21. The van der Waals surface area contributed by atoms with E-state index in [2.05, 4.69) is 5.32 Å². The van der Waals surface area contributed by atoms with Crippen LogP contribution < -0.4 is 5.32 Å². The number of aromatic hydroxyl groups is 2. The van der Waals surface area contributed by atoms with Crippen molar-refractivity contribution in [2.75, 3.05) is 18.9 Å². The second kappa shape index (κ2) is 9.19. The molecule has 2 rings (SSSR count). The number of thioether (sulfide) groups is 1. The molecule has 0 atom stereocenters. The number of ether oxygens (including phenoxy) is 1. The summed E-state index contributed by atoms with van der Waals surface area (Å²) in [7, 11) is 0. The lowest BCUT2D eigenvalue weighted by Gasteiger charge is -2.08. The summed E-state index contributed by atoms with van der Waals surface area (Å²) in [6.45, 7) is -0.0428. The molecule has 0 radical (unpaired) electrons. The average molecular weight is 382 g/mol. The molecule has 0 fully saturated rings. The summed E-state index contributed by atoms with van der Waals surface area (Å²) in [5.41, 5.74) is -0.121. The number of phenols is 2. The Labute approximate surface area is 153 Å². The molecule has 0 unspecified atom stereocenters. The molecule has 0 aliphatic rings. The van der Waals surface area contributed by atoms with Crippen molar-refractivity contribution in [2.24, 2.45) is 0 Å². The summed E-state index contributed by atoms with van der Waals surface area (Å²) in [5, 5.41) is 22.0. The van der Waals surface area contributed by atoms with Crippen molar-refractivity contribution >= 4 is 35.2 Å². The van der Waals surface area contributed by atoms with Crippen LogP contribution in [0.25, 0.3) is 0 Å². The van der Waals surface area contributed by atoms with Crippen LogP contribution in [0.4, 0.5) is 0 Å². The van der Waals surface area contributed by atoms with Crippen molar-refractivity contribution in [1.29, 1.82) is 0 Å². The first-order valence-corrected chi connectivity index (χ1v) is 8.66. The minimum Gasteiger partial charge on any atom is -0.508 e. The van der Waals surface area contributed by atoms with Crippen molar-refractivity contribution in [3.05, 3.63) is 53.1 Å². The van der Waals surface area contributed by atoms with E-state index < -0.39 is 24.2 Å². The van der Waals surface area contributed by atoms with Gasteiger partial charge in [0.05, 0.1) is 0 Å². The van der Waals surface area contributed by atoms with E-state index in [4.69, 9.17) is 21.4 Å². The van der Waals surface area contributed by atoms with E-state index in [1.54, 1.807) is 23.9 Å². The molecule has 2 aromatic rings. The molecule has 8 heteroatoms. The molecule has 25 heavy (non-hydrogen) atoms. The lowest BCUT2D eigenvalue weighted by Crippen LogP contribution is -2.30. The van der Waals surface area contributed by atoms with Gasteiger partial charge in [0.25, 0.3) is 5.91 Å². The second-order valence-corrected chi connectivity index (χ2v) is 6.53. The van der Waals surface area contributed by atoms with Crippen LogP contribution >= 0.6 is 23.4 Å². The average Bonchev–Trinajstić information content (AvgIpc) is 2.58. The predicted molar refractivity (Wildman–Crippen MR) is 95.2 cm³/mol. The number of benzene rings is 2. The first-order valence-electron chi connectivity index (χ1n) is 7.30. The maximum Gasteiger partial charge on any atom is 0.342 e. The molecule has 2 aromatic carbocycles. The van der Waals surface area contributed by atoms with Crippen LogP contribution in [0, 0.1) is 0 Å². The van der Waals surface area contributed by atoms with Crippen LogP contribution in [0.5, 0.6) is 11.5 Å². The maximum absolute atomic E-state index is 11.8. The van der Waals surface area contributed by atoms with E-state index in [0.717, 1.165) is 11.0 Å². The lowest BCUT2D eigenvalue weighted by molar-refractivity contribution is -0.124. The van der Waals surface area contributed by atoms with Crippen LogP contribution in [0.2, 0.25) is 5.02 Å². The Morgan fingerprint density at radius 1 is 1.12 bits per heavy atom. The number of hydrogen-bond acceptors (Lipinski definition) is 6. The van der Waals surface area contributed by atoms with Crippen molar-refractivity contribution < 1.29 is 24.5 Å². The quantitative estimate of drug-likeness (QED) is 0.388. The molecule has 0 bridgehead atoms. The minimum absolute atomic E-state index is 0.121. The number of hydrogen-bond donors (Lipinski definition) is 3. The number of phenolic OH excluding ortho intramolecular Hbond substituents is 2. The largest absolute Gasteiger partial charge is 0.508 e. The summed E-state index contributed by atoms with van der Waals surface area (Å²) in [6, 6.07) is 10.8. The topological polar surface area (TPSA) is 95.9 Å². The molecule has 132 valence electrons. The summed E-state index contributed by atoms with van der Waals surface area (Å²) >= 11 is 7.36. The van der Waals surface area contributed by atoms with Gasteiger partial charge in [-0.05, 0) is 36.4 Å². The lowest BCUT2D eigenvalue weighted by atomic mass is 10.2. The third-order valence-electron chi connectivity index (χ3n) is 3.04. The first-order chi connectivity index (χ1) is 12.0. The van der Waals surface area contributed by atoms with Crippen molar-refractivity contribution in [1.82, 2.24) is 5.32 Å². The monoisotopic (exact) mass is 381 g/mol. The van der Waals surface area contributed by atoms with E-state index in [9.17, 15) is 14.7 Å². The van der Waals surface area contributed by atoms with Gasteiger partial charge < -0.3 is 20.3 Å². The van der Waals surface area contributed by atoms with Crippen LogP contribution in [-0.4, -0.2) is 41.0 Å². The number of amides is 1. The minimum atomic E-state index is -0.844. The zero-order chi connectivity index (χ0) is 18.2. The van der Waals surface area contributed by atoms with E-state index >= 15 is 0 Å². The van der Waals surface area contributed by atoms with Crippen LogP contribution in [-0.2, 0) is 9.53 Å². The van der Waals surface area contributed by atoms with Crippen LogP contribution in [0.3, 0.4) is 0 Å². The van der Waals surface area contributed by atoms with Gasteiger partial charge >= 0.3 is 5.97 Å². The predicted octanol–water partition coefficient (Wildman–Crippen LogP) is 2.82. The van der Waals surface area contributed by atoms with E-state index in [1.807, 2.05) is 12.1 Å². The van der Waals surface area contributed by atoms with Gasteiger partial charge in [-0.3, -0.25) is 4.79 Å². The molecule has 0 spiro atoms. The van der Waals surface area contributed by atoms with Crippen LogP contribution in [0.1, 0.15) is 10.4 Å². The fourth-order valence-electron chi connectivity index (χ4n) is 1.84. The fourth-order valence-corrected chi connectivity index (χ4v) is 2.74. The highest BCUT2D eigenvalue weighted by Gasteiger charge is 2.14. The zero-order valence-electron chi connectivity index (χ0n) is 13.1. The standard InChI is InChI=1S/C17H16ClNO5S/c18-11-1-4-13(5-2-11)25-8-7-19-16(22)10-24-17(23)14-6-3-12(20)9-15(14)21/h1-6,9,20-21H,7-8,10H2,(H,19,22). The van der Waals surface area contributed by atoms with Crippen molar-refractivity contribution in [2.45, 2.75) is 4.90 Å². The van der Waals surface area contributed by atoms with Gasteiger partial charge in [0.1, 0.15) is 17.1 Å². The molecule has 0 aromatic heterocycles. The molecule has 1 amide bonds. The fraction of sp³-hybridized carbons (Fsp3) is 0.176. The molecule has 0 saturated carbocycles. The number of carbonyl (C=O) groups is 2. The molecule has 0 heterocycles. The molecule has 3 N–H and O–H groups in total. The van der Waals surface area contributed by atoms with Gasteiger partial charge in [-0.2, -0.15) is 0 Å². The Balaban J connectivity index is 1.68. The highest BCUT2D eigenvalue weighted by atomic mass is 35.5. The SMILES string of the molecule is O=C(COC(=O)c1ccc(O)cc1O)NCCSc1ccc(Cl)cc1. The van der Waals surface area contributed by atoms with Crippen LogP contribution in [0.15, 0.2) is 47.4 Å². The molecule has 0 saturated heterocycles. The molecule has 0 aliphatic heterocycles. The number of rotatable bonds is 7. The highest BCUT2D eigenvalue weighted by Crippen LogP contribution is 2.23. The normalized spacial score (nSPS) is 10.3. The van der Waals surface area contributed by atoms with E-state index in [0.29, 0.717) is 17.3 Å². The Morgan fingerprint density at radius 3 is 2.52 bits per heavy atom. The molecular formula is C17H16ClNO5S. The third-order valence-corrected chi connectivity index (χ3v) is 4.31. The Morgan fingerprint density at radius 2 is 1.84 bits per heavy atom. The van der Waals surface area contributed by atoms with E-state index in [-0.39, 0.29) is 11.3 Å². The summed E-state index contributed by atoms with van der Waals surface area (Å²) in [4.78, 5) is 24.5. The highest BCUT2D eigenvalue weighted by molar-refractivity contribution is 7.99. The van der Waals surface area contributed by atoms with Gasteiger partial charge in [-0.15, -0.1) is 11.8 Å².